The molecule has 0 amide bonds. The number of hydrogen-bond donors (Lipinski definition) is 2. The lowest BCUT2D eigenvalue weighted by atomic mass is 10.2. The van der Waals surface area contributed by atoms with Crippen molar-refractivity contribution in [2.45, 2.75) is 19.4 Å². The number of aliphatic carboxylic acids is 1. The van der Waals surface area contributed by atoms with Crippen LogP contribution in [0.15, 0.2) is 30.3 Å². The molecule has 0 spiro atoms. The minimum absolute atomic E-state index is 0.0449. The number of nitrogens with zero attached hydrogens (tertiary/aromatic N) is 1. The van der Waals surface area contributed by atoms with Crippen molar-refractivity contribution in [1.82, 2.24) is 0 Å². The highest BCUT2D eigenvalue weighted by Gasteiger charge is 2.10. The van der Waals surface area contributed by atoms with E-state index >= 15 is 0 Å². The topological polar surface area (TPSA) is 60.8 Å². The summed E-state index contributed by atoms with van der Waals surface area (Å²) in [5, 5.41) is 18.0. The van der Waals surface area contributed by atoms with Gasteiger partial charge in [0.2, 0.25) is 0 Å². The number of benzene rings is 1. The van der Waals surface area contributed by atoms with Crippen LogP contribution in [0, 0.1) is 0 Å². The van der Waals surface area contributed by atoms with E-state index < -0.39 is 12.1 Å². The summed E-state index contributed by atoms with van der Waals surface area (Å²) in [6, 6.07) is 9.35. The van der Waals surface area contributed by atoms with Crippen LogP contribution in [0.1, 0.15) is 13.3 Å². The Morgan fingerprint density at radius 1 is 1.38 bits per heavy atom. The van der Waals surface area contributed by atoms with E-state index in [-0.39, 0.29) is 6.54 Å². The Morgan fingerprint density at radius 2 is 2.00 bits per heavy atom. The summed E-state index contributed by atoms with van der Waals surface area (Å²) in [6.45, 7) is 2.19. The van der Waals surface area contributed by atoms with E-state index in [1.165, 1.54) is 0 Å². The van der Waals surface area contributed by atoms with Crippen molar-refractivity contribution in [2.75, 3.05) is 18.0 Å². The molecule has 0 saturated carbocycles. The number of aliphatic hydroxyl groups excluding tert-OH is 1. The average molecular weight is 223 g/mol. The van der Waals surface area contributed by atoms with E-state index in [2.05, 4.69) is 0 Å². The van der Waals surface area contributed by atoms with Gasteiger partial charge in [-0.2, -0.15) is 0 Å². The lowest BCUT2D eigenvalue weighted by molar-refractivity contribution is -0.135. The molecular formula is C12H17NO3. The maximum Gasteiger partial charge on any atom is 0.323 e. The minimum atomic E-state index is -0.866. The number of carboxylic acids is 1. The van der Waals surface area contributed by atoms with E-state index in [9.17, 15) is 9.90 Å². The number of para-hydroxylation sites is 1. The molecule has 1 rings (SSSR count). The van der Waals surface area contributed by atoms with Crippen molar-refractivity contribution in [3.8, 4) is 0 Å². The number of hydrogen-bond acceptors (Lipinski definition) is 3. The third kappa shape index (κ3) is 4.31. The van der Waals surface area contributed by atoms with Crippen LogP contribution < -0.4 is 4.90 Å². The summed E-state index contributed by atoms with van der Waals surface area (Å²) < 4.78 is 0. The molecule has 2 N–H and O–H groups in total. The molecule has 0 aromatic heterocycles. The van der Waals surface area contributed by atoms with Gasteiger partial charge in [-0.1, -0.05) is 18.2 Å². The summed E-state index contributed by atoms with van der Waals surface area (Å²) >= 11 is 0. The van der Waals surface area contributed by atoms with E-state index in [4.69, 9.17) is 5.11 Å². The normalized spacial score (nSPS) is 12.1. The first-order chi connectivity index (χ1) is 7.59. The number of aliphatic hydroxyl groups is 1. The van der Waals surface area contributed by atoms with E-state index in [1.807, 2.05) is 30.3 Å². The van der Waals surface area contributed by atoms with Crippen molar-refractivity contribution in [1.29, 1.82) is 0 Å². The van der Waals surface area contributed by atoms with Crippen LogP contribution in [0.5, 0.6) is 0 Å². The molecule has 1 unspecified atom stereocenters. The molecule has 4 heteroatoms. The third-order valence-electron chi connectivity index (χ3n) is 2.26. The van der Waals surface area contributed by atoms with Gasteiger partial charge in [0.15, 0.2) is 0 Å². The molecule has 0 fully saturated rings. The molecule has 0 aliphatic carbocycles. The Kier molecular flexibility index (Phi) is 4.79. The fourth-order valence-electron chi connectivity index (χ4n) is 1.44. The first kappa shape index (κ1) is 12.5. The molecule has 1 aromatic rings. The van der Waals surface area contributed by atoms with Crippen LogP contribution in [0.2, 0.25) is 0 Å². The Hall–Kier alpha value is -1.55. The van der Waals surface area contributed by atoms with Gasteiger partial charge in [0.1, 0.15) is 6.54 Å². The van der Waals surface area contributed by atoms with Crippen molar-refractivity contribution in [3.63, 3.8) is 0 Å². The predicted octanol–water partition coefficient (Wildman–Crippen LogP) is 1.35. The smallest absolute Gasteiger partial charge is 0.323 e. The second kappa shape index (κ2) is 6.12. The van der Waals surface area contributed by atoms with Gasteiger partial charge in [0.25, 0.3) is 0 Å². The fraction of sp³-hybridized carbons (Fsp3) is 0.417. The van der Waals surface area contributed by atoms with Crippen LogP contribution >= 0.6 is 0 Å². The zero-order valence-electron chi connectivity index (χ0n) is 9.34. The van der Waals surface area contributed by atoms with Crippen molar-refractivity contribution in [3.05, 3.63) is 30.3 Å². The maximum absolute atomic E-state index is 10.7. The number of carbonyl (C=O) groups is 1. The number of carboxylic acid groups (broad SMARTS) is 1. The molecule has 1 aromatic carbocycles. The molecule has 4 nitrogen and oxygen atoms in total. The summed E-state index contributed by atoms with van der Waals surface area (Å²) in [5.74, 6) is -0.866. The second-order valence-corrected chi connectivity index (χ2v) is 3.79. The van der Waals surface area contributed by atoms with Gasteiger partial charge < -0.3 is 15.1 Å². The van der Waals surface area contributed by atoms with Crippen molar-refractivity contribution < 1.29 is 15.0 Å². The van der Waals surface area contributed by atoms with Crippen LogP contribution in [-0.4, -0.2) is 35.4 Å². The van der Waals surface area contributed by atoms with Gasteiger partial charge >= 0.3 is 5.97 Å². The largest absolute Gasteiger partial charge is 0.480 e. The van der Waals surface area contributed by atoms with Gasteiger partial charge in [0.05, 0.1) is 6.10 Å². The SMILES string of the molecule is CC(O)CCN(CC(=O)O)c1ccccc1. The van der Waals surface area contributed by atoms with Gasteiger partial charge in [-0.05, 0) is 25.5 Å². The highest BCUT2D eigenvalue weighted by molar-refractivity contribution is 5.73. The summed E-state index contributed by atoms with van der Waals surface area (Å²) in [4.78, 5) is 12.5. The highest BCUT2D eigenvalue weighted by atomic mass is 16.4. The Labute approximate surface area is 95.1 Å². The lowest BCUT2D eigenvalue weighted by Crippen LogP contribution is -2.32. The van der Waals surface area contributed by atoms with E-state index in [0.717, 1.165) is 5.69 Å². The fourth-order valence-corrected chi connectivity index (χ4v) is 1.44. The van der Waals surface area contributed by atoms with Crippen molar-refractivity contribution in [2.24, 2.45) is 0 Å². The average Bonchev–Trinajstić information content (AvgIpc) is 2.25. The third-order valence-corrected chi connectivity index (χ3v) is 2.26. The molecule has 0 heterocycles. The lowest BCUT2D eigenvalue weighted by Gasteiger charge is -2.23. The molecule has 0 radical (unpaired) electrons. The first-order valence-electron chi connectivity index (χ1n) is 5.29. The summed E-state index contributed by atoms with van der Waals surface area (Å²) in [6.07, 6.45) is 0.141. The minimum Gasteiger partial charge on any atom is -0.480 e. The molecule has 1 atom stereocenters. The predicted molar refractivity (Wildman–Crippen MR) is 62.6 cm³/mol. The van der Waals surface area contributed by atoms with Crippen LogP contribution in [0.3, 0.4) is 0 Å². The zero-order chi connectivity index (χ0) is 12.0. The molecule has 0 saturated heterocycles. The van der Waals surface area contributed by atoms with Gasteiger partial charge in [0, 0.05) is 12.2 Å². The summed E-state index contributed by atoms with van der Waals surface area (Å²) in [7, 11) is 0. The maximum atomic E-state index is 10.7. The summed E-state index contributed by atoms with van der Waals surface area (Å²) in [5.41, 5.74) is 0.866. The molecule has 88 valence electrons. The standard InChI is InChI=1S/C12H17NO3/c1-10(14)7-8-13(9-12(15)16)11-5-3-2-4-6-11/h2-6,10,14H,7-9H2,1H3,(H,15,16). The van der Waals surface area contributed by atoms with Crippen LogP contribution in [0.25, 0.3) is 0 Å². The number of anilines is 1. The van der Waals surface area contributed by atoms with E-state index in [1.54, 1.807) is 11.8 Å². The van der Waals surface area contributed by atoms with Gasteiger partial charge in [-0.3, -0.25) is 4.79 Å². The highest BCUT2D eigenvalue weighted by Crippen LogP contribution is 2.13. The quantitative estimate of drug-likeness (QED) is 0.764. The van der Waals surface area contributed by atoms with E-state index in [0.29, 0.717) is 13.0 Å². The molecular weight excluding hydrogens is 206 g/mol. The Morgan fingerprint density at radius 3 is 2.50 bits per heavy atom. The molecule has 0 aliphatic heterocycles. The van der Waals surface area contributed by atoms with Gasteiger partial charge in [-0.15, -0.1) is 0 Å². The second-order valence-electron chi connectivity index (χ2n) is 3.79. The molecule has 0 bridgehead atoms. The van der Waals surface area contributed by atoms with Crippen LogP contribution in [-0.2, 0) is 4.79 Å². The Balaban J connectivity index is 2.67. The first-order valence-corrected chi connectivity index (χ1v) is 5.29. The zero-order valence-corrected chi connectivity index (χ0v) is 9.34. The number of rotatable bonds is 6. The van der Waals surface area contributed by atoms with Crippen LogP contribution in [0.4, 0.5) is 5.69 Å². The molecule has 0 aliphatic rings. The molecule has 16 heavy (non-hydrogen) atoms. The van der Waals surface area contributed by atoms with Crippen molar-refractivity contribution >= 4 is 11.7 Å². The monoisotopic (exact) mass is 223 g/mol. The Bertz CT molecular complexity index is 324. The van der Waals surface area contributed by atoms with Gasteiger partial charge in [-0.25, -0.2) is 0 Å².